The zero-order chi connectivity index (χ0) is 28.0. The second kappa shape index (κ2) is 12.5. The van der Waals surface area contributed by atoms with Crippen LogP contribution in [0.3, 0.4) is 0 Å². The molecule has 0 radical (unpaired) electrons. The molecule has 0 saturated carbocycles. The molecule has 8 nitrogen and oxygen atoms in total. The molecule has 3 aromatic rings. The Bertz CT molecular complexity index is 1300. The molecule has 2 N–H and O–H groups in total. The Morgan fingerprint density at radius 3 is 2.54 bits per heavy atom. The second-order valence-electron chi connectivity index (χ2n) is 11.4. The molecule has 2 aromatic carbocycles. The molecule has 1 aliphatic heterocycles. The monoisotopic (exact) mass is 532 g/mol. The summed E-state index contributed by atoms with van der Waals surface area (Å²) >= 11 is 0. The van der Waals surface area contributed by atoms with E-state index in [4.69, 9.17) is 4.74 Å². The number of unbranched alkanes of at least 4 members (excludes halogenated alkanes) is 2. The Hall–Kier alpha value is -3.68. The average Bonchev–Trinajstić information content (AvgIpc) is 3.35. The van der Waals surface area contributed by atoms with Crippen molar-refractivity contribution in [3.63, 3.8) is 0 Å². The van der Waals surface area contributed by atoms with E-state index in [-0.39, 0.29) is 23.7 Å². The van der Waals surface area contributed by atoms with Gasteiger partial charge in [0, 0.05) is 31.5 Å². The topological polar surface area (TPSA) is 104 Å². The van der Waals surface area contributed by atoms with Gasteiger partial charge < -0.3 is 19.9 Å². The Morgan fingerprint density at radius 2 is 1.82 bits per heavy atom. The van der Waals surface area contributed by atoms with Crippen molar-refractivity contribution in [2.75, 3.05) is 13.1 Å². The van der Waals surface area contributed by atoms with Crippen LogP contribution in [0.2, 0.25) is 0 Å². The molecule has 1 fully saturated rings. The summed E-state index contributed by atoms with van der Waals surface area (Å²) < 4.78 is 5.41. The molecule has 208 valence electrons. The largest absolute Gasteiger partial charge is 0.444 e. The van der Waals surface area contributed by atoms with E-state index in [0.717, 1.165) is 35.9 Å². The van der Waals surface area contributed by atoms with Crippen molar-refractivity contribution in [3.8, 4) is 11.3 Å². The Morgan fingerprint density at radius 1 is 1.08 bits per heavy atom. The normalized spacial score (nSPS) is 14.6. The Balaban J connectivity index is 1.41. The Kier molecular flexibility index (Phi) is 9.04. The van der Waals surface area contributed by atoms with Crippen LogP contribution in [-0.2, 0) is 14.3 Å². The van der Waals surface area contributed by atoms with E-state index in [1.54, 1.807) is 4.90 Å². The molecular formula is C31H40N4O4. The number of rotatable bonds is 11. The van der Waals surface area contributed by atoms with Crippen molar-refractivity contribution in [2.45, 2.75) is 77.9 Å². The predicted molar refractivity (Wildman–Crippen MR) is 152 cm³/mol. The first-order valence-corrected chi connectivity index (χ1v) is 14.0. The summed E-state index contributed by atoms with van der Waals surface area (Å²) in [7, 11) is 0. The number of aromatic nitrogens is 2. The minimum absolute atomic E-state index is 0.0929. The fourth-order valence-electron chi connectivity index (χ4n) is 4.73. The number of carbonyl (C=O) groups excluding carboxylic acids is 3. The van der Waals surface area contributed by atoms with Gasteiger partial charge in [-0.15, -0.1) is 0 Å². The van der Waals surface area contributed by atoms with Gasteiger partial charge in [0.2, 0.25) is 5.91 Å². The summed E-state index contributed by atoms with van der Waals surface area (Å²) in [5.74, 6) is 0.617. The van der Waals surface area contributed by atoms with E-state index in [2.05, 4.69) is 45.6 Å². The predicted octanol–water partition coefficient (Wildman–Crippen LogP) is 6.18. The molecule has 0 bridgehead atoms. The Labute approximate surface area is 230 Å². The summed E-state index contributed by atoms with van der Waals surface area (Å²) in [6, 6.07) is 14.2. The number of likely N-dealkylation sites (tertiary alicyclic amines) is 1. The molecule has 2 amide bonds. The maximum atomic E-state index is 13.1. The van der Waals surface area contributed by atoms with Crippen LogP contribution in [0.5, 0.6) is 0 Å². The standard InChI is InChI=1S/C31H40N4O4/c1-5-25(36)13-7-6-8-14-26(34-29(37)24-19-35(20-24)30(38)39-31(2,3)4)28-32-18-27(33-28)23-16-15-21-11-9-10-12-22(21)17-23/h9-12,15-18,24,26H,5-8,13-14,19-20H2,1-4H3,(H,32,33)(H,34,37)/t26-/m0/s1. The lowest BCUT2D eigenvalue weighted by Gasteiger charge is -2.39. The molecule has 0 spiro atoms. The number of benzene rings is 2. The first kappa shape index (κ1) is 28.3. The highest BCUT2D eigenvalue weighted by molar-refractivity contribution is 5.87. The minimum atomic E-state index is -0.570. The summed E-state index contributed by atoms with van der Waals surface area (Å²) in [6.07, 6.45) is 5.92. The highest BCUT2D eigenvalue weighted by Crippen LogP contribution is 2.27. The molecule has 0 unspecified atom stereocenters. The van der Waals surface area contributed by atoms with Crippen LogP contribution in [0.1, 0.15) is 78.1 Å². The van der Waals surface area contributed by atoms with Gasteiger partial charge in [0.1, 0.15) is 17.2 Å². The maximum Gasteiger partial charge on any atom is 0.410 e. The van der Waals surface area contributed by atoms with Gasteiger partial charge in [0.25, 0.3) is 0 Å². The van der Waals surface area contributed by atoms with Crippen molar-refractivity contribution in [1.29, 1.82) is 0 Å². The number of hydrogen-bond acceptors (Lipinski definition) is 5. The van der Waals surface area contributed by atoms with E-state index in [1.165, 1.54) is 5.39 Å². The van der Waals surface area contributed by atoms with Crippen molar-refractivity contribution in [3.05, 3.63) is 54.5 Å². The van der Waals surface area contributed by atoms with E-state index >= 15 is 0 Å². The average molecular weight is 533 g/mol. The number of hydrogen-bond donors (Lipinski definition) is 2. The molecule has 1 aliphatic rings. The van der Waals surface area contributed by atoms with Gasteiger partial charge in [-0.1, -0.05) is 56.2 Å². The lowest BCUT2D eigenvalue weighted by Crippen LogP contribution is -2.57. The number of ether oxygens (including phenoxy) is 1. The van der Waals surface area contributed by atoms with Crippen molar-refractivity contribution in [2.24, 2.45) is 5.92 Å². The van der Waals surface area contributed by atoms with Crippen LogP contribution < -0.4 is 5.32 Å². The van der Waals surface area contributed by atoms with Gasteiger partial charge in [0.15, 0.2) is 0 Å². The number of ketones is 1. The van der Waals surface area contributed by atoms with Gasteiger partial charge >= 0.3 is 6.09 Å². The van der Waals surface area contributed by atoms with Crippen molar-refractivity contribution < 1.29 is 19.1 Å². The quantitative estimate of drug-likeness (QED) is 0.287. The molecular weight excluding hydrogens is 492 g/mol. The molecule has 39 heavy (non-hydrogen) atoms. The maximum absolute atomic E-state index is 13.1. The zero-order valence-corrected chi connectivity index (χ0v) is 23.5. The number of fused-ring (bicyclic) bond motifs is 1. The first-order valence-electron chi connectivity index (χ1n) is 14.0. The molecule has 2 heterocycles. The molecule has 4 rings (SSSR count). The van der Waals surface area contributed by atoms with Crippen molar-refractivity contribution in [1.82, 2.24) is 20.2 Å². The van der Waals surface area contributed by atoms with Crippen LogP contribution in [0.4, 0.5) is 4.79 Å². The van der Waals surface area contributed by atoms with E-state index in [9.17, 15) is 14.4 Å². The number of carbonyl (C=O) groups is 3. The molecule has 1 aromatic heterocycles. The van der Waals surface area contributed by atoms with E-state index < -0.39 is 11.7 Å². The van der Waals surface area contributed by atoms with Gasteiger partial charge in [0.05, 0.1) is 23.9 Å². The second-order valence-corrected chi connectivity index (χ2v) is 11.4. The van der Waals surface area contributed by atoms with Gasteiger partial charge in [-0.25, -0.2) is 9.78 Å². The number of Topliss-reactive ketones (excluding diaryl/α,β-unsaturated/α-hetero) is 1. The fourth-order valence-corrected chi connectivity index (χ4v) is 4.73. The number of nitrogens with zero attached hydrogens (tertiary/aromatic N) is 2. The minimum Gasteiger partial charge on any atom is -0.444 e. The molecule has 0 aliphatic carbocycles. The lowest BCUT2D eigenvalue weighted by atomic mass is 9.98. The van der Waals surface area contributed by atoms with Crippen LogP contribution in [0.25, 0.3) is 22.0 Å². The number of amides is 2. The molecule has 8 heteroatoms. The highest BCUT2D eigenvalue weighted by Gasteiger charge is 2.38. The summed E-state index contributed by atoms with van der Waals surface area (Å²) in [5, 5.41) is 5.49. The van der Waals surface area contributed by atoms with E-state index in [1.807, 2.05) is 46.0 Å². The third kappa shape index (κ3) is 7.68. The van der Waals surface area contributed by atoms with Crippen LogP contribution in [0.15, 0.2) is 48.7 Å². The third-order valence-corrected chi connectivity index (χ3v) is 7.05. The van der Waals surface area contributed by atoms with Gasteiger partial charge in [-0.2, -0.15) is 0 Å². The number of nitrogens with one attached hydrogen (secondary N) is 2. The summed E-state index contributed by atoms with van der Waals surface area (Å²) in [6.45, 7) is 8.05. The van der Waals surface area contributed by atoms with E-state index in [0.29, 0.717) is 38.2 Å². The highest BCUT2D eigenvalue weighted by atomic mass is 16.6. The summed E-state index contributed by atoms with van der Waals surface area (Å²) in [5.41, 5.74) is 1.35. The smallest absolute Gasteiger partial charge is 0.410 e. The van der Waals surface area contributed by atoms with Crippen LogP contribution in [-0.4, -0.2) is 51.3 Å². The molecule has 1 saturated heterocycles. The zero-order valence-electron chi connectivity index (χ0n) is 23.5. The lowest BCUT2D eigenvalue weighted by molar-refractivity contribution is -0.130. The molecule has 1 atom stereocenters. The van der Waals surface area contributed by atoms with Gasteiger partial charge in [-0.3, -0.25) is 9.59 Å². The number of aromatic amines is 1. The number of imidazole rings is 1. The van der Waals surface area contributed by atoms with Crippen molar-refractivity contribution >= 4 is 28.6 Å². The summed E-state index contributed by atoms with van der Waals surface area (Å²) in [4.78, 5) is 46.7. The van der Waals surface area contributed by atoms with Gasteiger partial charge in [-0.05, 0) is 50.5 Å². The van der Waals surface area contributed by atoms with Crippen LogP contribution >= 0.6 is 0 Å². The SMILES string of the molecule is CCC(=O)CCCCC[C@H](NC(=O)C1CN(C(=O)OC(C)(C)C)C1)c1ncc(-c2ccc3ccccc3c2)[nH]1. The number of H-pyrrole nitrogens is 1. The van der Waals surface area contributed by atoms with Crippen LogP contribution in [0, 0.1) is 5.92 Å². The third-order valence-electron chi connectivity index (χ3n) is 7.05. The fraction of sp³-hybridized carbons (Fsp3) is 0.484. The first-order chi connectivity index (χ1) is 18.6.